The Morgan fingerprint density at radius 3 is 1.70 bits per heavy atom. The first-order valence-corrected chi connectivity index (χ1v) is 22.3. The Bertz CT molecular complexity index is 2250. The molecule has 0 radical (unpaired) electrons. The maximum Gasteiger partial charge on any atom is 0.303 e. The Labute approximate surface area is 361 Å². The molecule has 0 saturated carbocycles. The summed E-state index contributed by atoms with van der Waals surface area (Å²) in [6, 6.07) is 15.1. The van der Waals surface area contributed by atoms with Crippen LogP contribution in [0.15, 0.2) is 48.5 Å². The van der Waals surface area contributed by atoms with Crippen LogP contribution in [0.5, 0.6) is 23.5 Å². The van der Waals surface area contributed by atoms with E-state index in [1.807, 2.05) is 55.0 Å². The monoisotopic (exact) mass is 908 g/mol. The highest BCUT2D eigenvalue weighted by Gasteiger charge is 2.21. The molecule has 1 amide bonds. The van der Waals surface area contributed by atoms with Crippen molar-refractivity contribution < 1.29 is 45.4 Å². The number of Topliss-reactive ketones (excluding diaryl/α,β-unsaturated/α-hetero) is 1. The van der Waals surface area contributed by atoms with Crippen molar-refractivity contribution >= 4 is 55.1 Å². The second kappa shape index (κ2) is 21.3. The smallest absolute Gasteiger partial charge is 0.303 e. The first-order chi connectivity index (χ1) is 28.3. The zero-order valence-corrected chi connectivity index (χ0v) is 37.9. The maximum absolute atomic E-state index is 12.2. The Kier molecular flexibility index (Phi) is 17.1. The number of carbonyl (C=O) groups is 2. The van der Waals surface area contributed by atoms with E-state index in [-0.39, 0.29) is 66.3 Å². The summed E-state index contributed by atoms with van der Waals surface area (Å²) in [5.74, 6) is -0.886. The second-order valence-corrected chi connectivity index (χ2v) is 18.9. The quantitative estimate of drug-likeness (QED) is 0.107. The Balaban J connectivity index is 1.41. The molecule has 0 aliphatic rings. The molecule has 4 aromatic rings. The van der Waals surface area contributed by atoms with E-state index in [9.17, 15) is 26.4 Å². The summed E-state index contributed by atoms with van der Waals surface area (Å²) in [7, 11) is 0.782. The minimum Gasteiger partial charge on any atom is -0.481 e. The molecule has 0 aliphatic carbocycles. The minimum absolute atomic E-state index is 0.0336. The van der Waals surface area contributed by atoms with Crippen molar-refractivity contribution in [3.05, 3.63) is 92.0 Å². The number of nitrogens with one attached hydrogen (secondary N) is 2. The van der Waals surface area contributed by atoms with Gasteiger partial charge in [-0.25, -0.2) is 17.4 Å². The number of aromatic nitrogens is 2. The van der Waals surface area contributed by atoms with Crippen LogP contribution < -0.4 is 29.0 Å². The Morgan fingerprint density at radius 2 is 1.22 bits per heavy atom. The highest BCUT2D eigenvalue weighted by atomic mass is 35.5. The number of methoxy groups -OCH3 is 2. The van der Waals surface area contributed by atoms with Crippen molar-refractivity contribution in [2.75, 3.05) is 54.7 Å². The number of nitrogens with zero attached hydrogens (tertiary/aromatic N) is 4. The molecule has 0 atom stereocenters. The maximum atomic E-state index is 12.2. The van der Waals surface area contributed by atoms with Crippen molar-refractivity contribution in [3.8, 4) is 34.6 Å². The lowest BCUT2D eigenvalue weighted by molar-refractivity contribution is -0.119. The van der Waals surface area contributed by atoms with Crippen molar-refractivity contribution in [1.29, 1.82) is 0 Å². The third kappa shape index (κ3) is 12.7. The molecule has 0 spiro atoms. The fraction of sp³-hybridized carbons (Fsp3) is 0.400. The molecule has 2 heterocycles. The second-order valence-electron chi connectivity index (χ2n) is 14.0. The number of ketones is 1. The first-order valence-electron chi connectivity index (χ1n) is 18.5. The number of amides is 1. The molecule has 20 heteroatoms. The third-order valence-electron chi connectivity index (χ3n) is 9.37. The zero-order chi connectivity index (χ0) is 44.4. The molecule has 2 aromatic carbocycles. The molecule has 16 nitrogen and oxygen atoms in total. The molecule has 0 fully saturated rings. The van der Waals surface area contributed by atoms with Gasteiger partial charge in [-0.05, 0) is 72.2 Å². The Hall–Kier alpha value is -4.56. The van der Waals surface area contributed by atoms with Crippen LogP contribution in [0.4, 0.5) is 0 Å². The van der Waals surface area contributed by atoms with Gasteiger partial charge in [0.1, 0.15) is 29.0 Å². The molecule has 2 aromatic heterocycles. The van der Waals surface area contributed by atoms with E-state index >= 15 is 0 Å². The lowest BCUT2D eigenvalue weighted by Gasteiger charge is -2.17. The van der Waals surface area contributed by atoms with Crippen LogP contribution in [-0.4, -0.2) is 102 Å². The number of pyridine rings is 2. The van der Waals surface area contributed by atoms with Gasteiger partial charge in [0.15, 0.2) is 5.78 Å². The highest BCUT2D eigenvalue weighted by Crippen LogP contribution is 2.34. The van der Waals surface area contributed by atoms with Gasteiger partial charge in [0, 0.05) is 52.3 Å². The number of sulfonamides is 1. The van der Waals surface area contributed by atoms with Crippen molar-refractivity contribution in [3.63, 3.8) is 0 Å². The normalized spacial score (nSPS) is 11.8. The van der Waals surface area contributed by atoms with Gasteiger partial charge in [-0.3, -0.25) is 9.59 Å². The number of hydrogen-bond donors (Lipinski definition) is 2. The van der Waals surface area contributed by atoms with E-state index in [2.05, 4.69) is 15.3 Å². The fourth-order valence-corrected chi connectivity index (χ4v) is 7.65. The average molecular weight is 910 g/mol. The Morgan fingerprint density at radius 1 is 0.717 bits per heavy atom. The van der Waals surface area contributed by atoms with E-state index in [1.54, 1.807) is 12.1 Å². The van der Waals surface area contributed by atoms with E-state index in [1.165, 1.54) is 42.4 Å². The van der Waals surface area contributed by atoms with Gasteiger partial charge in [-0.15, -0.1) is 0 Å². The summed E-state index contributed by atoms with van der Waals surface area (Å²) in [4.78, 5) is 33.3. The minimum atomic E-state index is -3.87. The zero-order valence-electron chi connectivity index (χ0n) is 34.7. The van der Waals surface area contributed by atoms with Crippen LogP contribution >= 0.6 is 23.2 Å². The predicted octanol–water partition coefficient (Wildman–Crippen LogP) is 5.04. The van der Waals surface area contributed by atoms with Crippen molar-refractivity contribution in [1.82, 2.24) is 28.6 Å². The van der Waals surface area contributed by atoms with Crippen molar-refractivity contribution in [2.24, 2.45) is 0 Å². The number of rotatable bonds is 22. The van der Waals surface area contributed by atoms with E-state index in [4.69, 9.17) is 42.1 Å². The van der Waals surface area contributed by atoms with E-state index in [0.717, 1.165) is 42.0 Å². The molecular weight excluding hydrogens is 860 g/mol. The van der Waals surface area contributed by atoms with Gasteiger partial charge in [0.25, 0.3) is 0 Å². The number of aryl methyl sites for hydroxylation is 1. The third-order valence-corrected chi connectivity index (χ3v) is 13.2. The molecule has 2 N–H and O–H groups in total. The summed E-state index contributed by atoms with van der Waals surface area (Å²) >= 11 is 13.2. The lowest BCUT2D eigenvalue weighted by Crippen LogP contribution is -2.39. The molecular formula is C40H50Cl2N6O10S2. The summed E-state index contributed by atoms with van der Waals surface area (Å²) < 4.78 is 75.0. The van der Waals surface area contributed by atoms with Crippen LogP contribution in [0.2, 0.25) is 10.0 Å². The van der Waals surface area contributed by atoms with E-state index in [0.29, 0.717) is 24.0 Å². The topological polar surface area (TPSA) is 196 Å². The number of hydrogen-bond acceptors (Lipinski definition) is 13. The van der Waals surface area contributed by atoms with Gasteiger partial charge < -0.3 is 24.3 Å². The van der Waals surface area contributed by atoms with Gasteiger partial charge in [0.2, 0.25) is 39.5 Å². The van der Waals surface area contributed by atoms with Gasteiger partial charge in [-0.2, -0.15) is 22.7 Å². The SMILES string of the molecule is COc1nc(OCc2cccc(-c3cccc(COc4nc(OC)c(CNCC(=O)CS(=O)(=O)N(C)C)cc4Cl)c3C)c2C)c(Cl)cc1CCCC(=O)NS(=O)(=O)N(C)C. The molecule has 0 unspecified atom stereocenters. The van der Waals surface area contributed by atoms with Gasteiger partial charge >= 0.3 is 10.2 Å². The van der Waals surface area contributed by atoms with Crippen LogP contribution in [0, 0.1) is 13.8 Å². The van der Waals surface area contributed by atoms with Crippen LogP contribution in [0.1, 0.15) is 46.2 Å². The molecule has 326 valence electrons. The highest BCUT2D eigenvalue weighted by molar-refractivity contribution is 7.89. The molecule has 0 saturated heterocycles. The van der Waals surface area contributed by atoms with Crippen LogP contribution in [0.3, 0.4) is 0 Å². The summed E-state index contributed by atoms with van der Waals surface area (Å²) in [5, 5.41) is 3.41. The molecule has 4 rings (SSSR count). The molecule has 60 heavy (non-hydrogen) atoms. The summed E-state index contributed by atoms with van der Waals surface area (Å²) in [5.41, 5.74) is 6.91. The van der Waals surface area contributed by atoms with Crippen LogP contribution in [-0.2, 0) is 56.0 Å². The average Bonchev–Trinajstić information content (AvgIpc) is 3.17. The molecule has 0 aliphatic heterocycles. The first kappa shape index (κ1) is 48.1. The largest absolute Gasteiger partial charge is 0.481 e. The van der Waals surface area contributed by atoms with Gasteiger partial charge in [-0.1, -0.05) is 59.6 Å². The number of halogens is 2. The molecule has 0 bridgehead atoms. The number of benzene rings is 2. The predicted molar refractivity (Wildman–Crippen MR) is 229 cm³/mol. The standard InChI is InChI=1S/C40H50Cl2N6O10S2/c1-25-28(22-57-39-34(41)18-27(37(44-39)55-7)12-11-17-36(50)46-60(53,54)48(5)6)13-9-15-32(25)33-16-10-14-29(26(33)2)23-58-40-35(42)19-30(38(45-40)56-8)20-43-21-31(49)24-59(51,52)47(3)4/h9-10,13-16,18-19,43H,11-12,17,20-24H2,1-8H3,(H,46,50). The van der Waals surface area contributed by atoms with Gasteiger partial charge in [0.05, 0.1) is 20.8 Å². The van der Waals surface area contributed by atoms with Crippen molar-refractivity contribution in [2.45, 2.75) is 52.9 Å². The van der Waals surface area contributed by atoms with E-state index < -0.39 is 37.7 Å². The number of ether oxygens (including phenoxy) is 4. The lowest BCUT2D eigenvalue weighted by atomic mass is 9.92. The fourth-order valence-electron chi connectivity index (χ4n) is 5.85. The van der Waals surface area contributed by atoms with Crippen LogP contribution in [0.25, 0.3) is 11.1 Å². The number of carbonyl (C=O) groups excluding carboxylic acids is 2. The summed E-state index contributed by atoms with van der Waals surface area (Å²) in [6.45, 7) is 4.29. The summed E-state index contributed by atoms with van der Waals surface area (Å²) in [6.07, 6.45) is 0.654.